The van der Waals surface area contributed by atoms with E-state index in [0.717, 1.165) is 11.3 Å². The average molecular weight is 257 g/mol. The highest BCUT2D eigenvalue weighted by molar-refractivity contribution is 9.10. The number of aromatic nitrogens is 2. The summed E-state index contributed by atoms with van der Waals surface area (Å²) < 4.78 is 2.51. The van der Waals surface area contributed by atoms with E-state index < -0.39 is 0 Å². The minimum absolute atomic E-state index is 0.0619. The number of imidazole rings is 1. The molecular weight excluding hydrogens is 248 g/mol. The number of nitrogens with zero attached hydrogens (tertiary/aromatic N) is 2. The summed E-state index contributed by atoms with van der Waals surface area (Å²) in [6.45, 7) is 0.0619. The Balaban J connectivity index is 2.65. The number of pyridine rings is 1. The Bertz CT molecular complexity index is 467. The zero-order valence-corrected chi connectivity index (χ0v) is 8.90. The van der Waals surface area contributed by atoms with Crippen molar-refractivity contribution in [2.24, 2.45) is 0 Å². The first kappa shape index (κ1) is 9.48. The van der Waals surface area contributed by atoms with Gasteiger partial charge in [-0.3, -0.25) is 0 Å². The van der Waals surface area contributed by atoms with Gasteiger partial charge in [-0.15, -0.1) is 0 Å². The summed E-state index contributed by atoms with van der Waals surface area (Å²) >= 11 is 3.30. The minimum Gasteiger partial charge on any atom is -0.508 e. The highest BCUT2D eigenvalue weighted by Gasteiger charge is 2.08. The second-order valence-corrected chi connectivity index (χ2v) is 3.68. The fourth-order valence-electron chi connectivity index (χ4n) is 1.37. The molecule has 0 fully saturated rings. The Kier molecular flexibility index (Phi) is 2.43. The van der Waals surface area contributed by atoms with E-state index in [1.54, 1.807) is 18.3 Å². The highest BCUT2D eigenvalue weighted by Crippen LogP contribution is 2.22. The van der Waals surface area contributed by atoms with Crippen LogP contribution in [0.15, 0.2) is 22.9 Å². The van der Waals surface area contributed by atoms with Gasteiger partial charge in [0.1, 0.15) is 16.2 Å². The Morgan fingerprint density at radius 2 is 2.29 bits per heavy atom. The molecule has 0 amide bonds. The van der Waals surface area contributed by atoms with Crippen molar-refractivity contribution in [2.45, 2.75) is 6.42 Å². The number of hydrogen-bond acceptors (Lipinski definition) is 3. The number of hydrogen-bond donors (Lipinski definition) is 2. The molecule has 2 heterocycles. The standard InChI is InChI=1S/C9H9BrN2O2/c10-9-7-5-6(14)1-3-12(7)8(11-9)2-4-13/h1,3,5,13-14H,2,4H2. The fourth-order valence-corrected chi connectivity index (χ4v) is 1.88. The van der Waals surface area contributed by atoms with Crippen molar-refractivity contribution in [3.8, 4) is 5.75 Å². The Hall–Kier alpha value is -1.07. The van der Waals surface area contributed by atoms with Gasteiger partial charge in [0.05, 0.1) is 12.1 Å². The lowest BCUT2D eigenvalue weighted by atomic mass is 10.4. The summed E-state index contributed by atoms with van der Waals surface area (Å²) in [4.78, 5) is 4.23. The number of aliphatic hydroxyl groups is 1. The van der Waals surface area contributed by atoms with Crippen molar-refractivity contribution >= 4 is 21.4 Å². The summed E-state index contributed by atoms with van der Waals surface area (Å²) in [5.41, 5.74) is 0.799. The van der Waals surface area contributed by atoms with Crippen molar-refractivity contribution in [1.29, 1.82) is 0 Å². The molecule has 14 heavy (non-hydrogen) atoms. The molecule has 0 aliphatic rings. The Labute approximate surface area is 89.0 Å². The van der Waals surface area contributed by atoms with Gasteiger partial charge in [0.15, 0.2) is 0 Å². The zero-order chi connectivity index (χ0) is 10.1. The maximum absolute atomic E-state index is 9.28. The first-order valence-electron chi connectivity index (χ1n) is 4.18. The molecule has 0 aliphatic carbocycles. The highest BCUT2D eigenvalue weighted by atomic mass is 79.9. The maximum atomic E-state index is 9.28. The van der Waals surface area contributed by atoms with Crippen molar-refractivity contribution < 1.29 is 10.2 Å². The lowest BCUT2D eigenvalue weighted by Crippen LogP contribution is -1.97. The van der Waals surface area contributed by atoms with Crippen LogP contribution in [0.1, 0.15) is 5.82 Å². The van der Waals surface area contributed by atoms with Crippen molar-refractivity contribution in [1.82, 2.24) is 9.38 Å². The van der Waals surface area contributed by atoms with Crippen LogP contribution in [0.25, 0.3) is 5.52 Å². The Morgan fingerprint density at radius 3 is 3.00 bits per heavy atom. The molecule has 2 rings (SSSR count). The van der Waals surface area contributed by atoms with Gasteiger partial charge in [-0.25, -0.2) is 4.98 Å². The van der Waals surface area contributed by atoms with Crippen LogP contribution in [0.5, 0.6) is 5.75 Å². The molecule has 0 unspecified atom stereocenters. The zero-order valence-electron chi connectivity index (χ0n) is 7.31. The van der Waals surface area contributed by atoms with E-state index in [1.165, 1.54) is 0 Å². The van der Waals surface area contributed by atoms with E-state index >= 15 is 0 Å². The van der Waals surface area contributed by atoms with Crippen LogP contribution in [0, 0.1) is 0 Å². The molecule has 0 saturated carbocycles. The smallest absolute Gasteiger partial charge is 0.132 e. The van der Waals surface area contributed by atoms with Crippen molar-refractivity contribution in [3.05, 3.63) is 28.8 Å². The van der Waals surface area contributed by atoms with Crippen molar-refractivity contribution in [3.63, 3.8) is 0 Å². The molecule has 5 heteroatoms. The molecule has 0 bridgehead atoms. The minimum atomic E-state index is 0.0619. The van der Waals surface area contributed by atoms with Gasteiger partial charge in [0.25, 0.3) is 0 Å². The molecule has 2 aromatic heterocycles. The van der Waals surface area contributed by atoms with E-state index in [4.69, 9.17) is 5.11 Å². The van der Waals surface area contributed by atoms with Gasteiger partial charge >= 0.3 is 0 Å². The average Bonchev–Trinajstić information content (AvgIpc) is 2.44. The summed E-state index contributed by atoms with van der Waals surface area (Å²) in [6.07, 6.45) is 2.23. The van der Waals surface area contributed by atoms with Crippen LogP contribution in [-0.2, 0) is 6.42 Å². The van der Waals surface area contributed by atoms with Crippen LogP contribution in [0.2, 0.25) is 0 Å². The first-order valence-corrected chi connectivity index (χ1v) is 4.98. The van der Waals surface area contributed by atoms with Crippen LogP contribution in [-0.4, -0.2) is 26.2 Å². The van der Waals surface area contributed by atoms with E-state index in [0.29, 0.717) is 11.0 Å². The number of halogens is 1. The molecule has 0 atom stereocenters. The molecule has 0 spiro atoms. The van der Waals surface area contributed by atoms with Gasteiger partial charge < -0.3 is 14.6 Å². The largest absolute Gasteiger partial charge is 0.508 e. The molecule has 0 radical (unpaired) electrons. The third kappa shape index (κ3) is 1.49. The number of aromatic hydroxyl groups is 1. The molecule has 4 nitrogen and oxygen atoms in total. The molecule has 0 aromatic carbocycles. The van der Waals surface area contributed by atoms with E-state index in [1.807, 2.05) is 4.40 Å². The van der Waals surface area contributed by atoms with E-state index in [2.05, 4.69) is 20.9 Å². The Morgan fingerprint density at radius 1 is 1.50 bits per heavy atom. The predicted octanol–water partition coefficient (Wildman–Crippen LogP) is 1.34. The quantitative estimate of drug-likeness (QED) is 0.853. The second-order valence-electron chi connectivity index (χ2n) is 2.93. The molecule has 2 N–H and O–H groups in total. The molecule has 2 aromatic rings. The molecule has 74 valence electrons. The third-order valence-corrected chi connectivity index (χ3v) is 2.57. The number of rotatable bonds is 2. The van der Waals surface area contributed by atoms with Crippen LogP contribution in [0.3, 0.4) is 0 Å². The lowest BCUT2D eigenvalue weighted by molar-refractivity contribution is 0.296. The molecule has 0 aliphatic heterocycles. The summed E-state index contributed by atoms with van der Waals surface area (Å²) in [5, 5.41) is 18.1. The van der Waals surface area contributed by atoms with Gasteiger partial charge in [0, 0.05) is 18.7 Å². The van der Waals surface area contributed by atoms with E-state index in [-0.39, 0.29) is 12.4 Å². The number of aliphatic hydroxyl groups excluding tert-OH is 1. The first-order chi connectivity index (χ1) is 6.72. The monoisotopic (exact) mass is 256 g/mol. The van der Waals surface area contributed by atoms with Crippen molar-refractivity contribution in [2.75, 3.05) is 6.61 Å². The summed E-state index contributed by atoms with van der Waals surface area (Å²) in [7, 11) is 0. The van der Waals surface area contributed by atoms with Crippen LogP contribution < -0.4 is 0 Å². The van der Waals surface area contributed by atoms with Gasteiger partial charge in [-0.1, -0.05) is 0 Å². The SMILES string of the molecule is OCCc1nc(Br)c2cc(O)ccn12. The predicted molar refractivity (Wildman–Crippen MR) is 55.3 cm³/mol. The topological polar surface area (TPSA) is 57.8 Å². The normalized spacial score (nSPS) is 11.0. The summed E-state index contributed by atoms with van der Waals surface area (Å²) in [6, 6.07) is 3.21. The van der Waals surface area contributed by atoms with Crippen LogP contribution >= 0.6 is 15.9 Å². The van der Waals surface area contributed by atoms with Gasteiger partial charge in [-0.2, -0.15) is 0 Å². The lowest BCUT2D eigenvalue weighted by Gasteiger charge is -1.98. The second kappa shape index (κ2) is 3.59. The maximum Gasteiger partial charge on any atom is 0.132 e. The van der Waals surface area contributed by atoms with Gasteiger partial charge in [0.2, 0.25) is 0 Å². The fraction of sp³-hybridized carbons (Fsp3) is 0.222. The number of fused-ring (bicyclic) bond motifs is 1. The van der Waals surface area contributed by atoms with Gasteiger partial charge in [-0.05, 0) is 22.0 Å². The van der Waals surface area contributed by atoms with Crippen LogP contribution in [0.4, 0.5) is 0 Å². The molecule has 0 saturated heterocycles. The molecular formula is C9H9BrN2O2. The summed E-state index contributed by atoms with van der Waals surface area (Å²) in [5.74, 6) is 0.975. The third-order valence-electron chi connectivity index (χ3n) is 1.99. The van der Waals surface area contributed by atoms with E-state index in [9.17, 15) is 5.11 Å².